The Kier molecular flexibility index (Phi) is 7.82. The fourth-order valence-corrected chi connectivity index (χ4v) is 4.71. The average Bonchev–Trinajstić information content (AvgIpc) is 2.61. The highest BCUT2D eigenvalue weighted by Crippen LogP contribution is 2.20. The number of rotatable bonds is 8. The number of carbonyl (C=O) groups excluding carboxylic acids is 1. The Bertz CT molecular complexity index is 708. The summed E-state index contributed by atoms with van der Waals surface area (Å²) in [5, 5.41) is 3.19. The molecule has 1 atom stereocenters. The van der Waals surface area contributed by atoms with Gasteiger partial charge in [-0.2, -0.15) is 4.72 Å². The third-order valence-corrected chi connectivity index (χ3v) is 6.54. The van der Waals surface area contributed by atoms with Crippen LogP contribution in [0.15, 0.2) is 29.2 Å². The summed E-state index contributed by atoms with van der Waals surface area (Å²) in [4.78, 5) is 15.1. The molecule has 27 heavy (non-hydrogen) atoms. The molecule has 1 saturated heterocycles. The van der Waals surface area contributed by atoms with Gasteiger partial charge in [0.1, 0.15) is 6.04 Å². The Morgan fingerprint density at radius 2 is 1.78 bits per heavy atom. The first kappa shape index (κ1) is 21.9. The lowest BCUT2D eigenvalue weighted by Crippen LogP contribution is -2.51. The summed E-state index contributed by atoms with van der Waals surface area (Å²) in [6, 6.07) is 5.97. The number of aryl methyl sites for hydroxylation is 1. The number of hydrogen-bond donors (Lipinski definition) is 2. The molecule has 1 fully saturated rings. The van der Waals surface area contributed by atoms with Crippen LogP contribution in [0.5, 0.6) is 0 Å². The van der Waals surface area contributed by atoms with E-state index in [0.717, 1.165) is 24.9 Å². The summed E-state index contributed by atoms with van der Waals surface area (Å²) < 4.78 is 28.2. The van der Waals surface area contributed by atoms with Crippen LogP contribution in [-0.4, -0.2) is 51.9 Å². The van der Waals surface area contributed by atoms with E-state index in [1.165, 1.54) is 0 Å². The smallest absolute Gasteiger partial charge is 0.241 e. The highest BCUT2D eigenvalue weighted by molar-refractivity contribution is 7.89. The zero-order valence-corrected chi connectivity index (χ0v) is 17.7. The molecule has 0 bridgehead atoms. The third kappa shape index (κ3) is 6.30. The van der Waals surface area contributed by atoms with Gasteiger partial charge < -0.3 is 10.2 Å². The molecule has 0 aromatic heterocycles. The molecular weight excluding hydrogens is 362 g/mol. The molecule has 0 radical (unpaired) electrons. The molecule has 1 unspecified atom stereocenters. The largest absolute Gasteiger partial charge is 0.341 e. The Hall–Kier alpha value is -1.44. The van der Waals surface area contributed by atoms with Gasteiger partial charge in [-0.15, -0.1) is 0 Å². The van der Waals surface area contributed by atoms with Crippen molar-refractivity contribution in [2.24, 2.45) is 11.8 Å². The lowest BCUT2D eigenvalue weighted by molar-refractivity contribution is -0.134. The summed E-state index contributed by atoms with van der Waals surface area (Å²) in [5.41, 5.74) is 0.994. The Labute approximate surface area is 163 Å². The Morgan fingerprint density at radius 1 is 1.19 bits per heavy atom. The first-order valence-electron chi connectivity index (χ1n) is 9.75. The average molecular weight is 396 g/mol. The predicted molar refractivity (Wildman–Crippen MR) is 108 cm³/mol. The Balaban J connectivity index is 2.10. The first-order chi connectivity index (χ1) is 12.7. The minimum atomic E-state index is -3.73. The van der Waals surface area contributed by atoms with Crippen LogP contribution in [0.3, 0.4) is 0 Å². The molecule has 0 saturated carbocycles. The van der Waals surface area contributed by atoms with E-state index in [0.29, 0.717) is 25.4 Å². The van der Waals surface area contributed by atoms with Crippen LogP contribution < -0.4 is 10.0 Å². The molecular formula is C20H33N3O3S. The van der Waals surface area contributed by atoms with E-state index in [1.54, 1.807) is 24.3 Å². The van der Waals surface area contributed by atoms with E-state index < -0.39 is 16.1 Å². The maximum absolute atomic E-state index is 13.0. The first-order valence-corrected chi connectivity index (χ1v) is 11.2. The number of nitrogens with one attached hydrogen (secondary N) is 2. The van der Waals surface area contributed by atoms with Crippen LogP contribution in [0.25, 0.3) is 0 Å². The molecule has 1 amide bonds. The minimum Gasteiger partial charge on any atom is -0.341 e. The van der Waals surface area contributed by atoms with E-state index in [-0.39, 0.29) is 16.7 Å². The summed E-state index contributed by atoms with van der Waals surface area (Å²) >= 11 is 0. The molecule has 1 aliphatic heterocycles. The van der Waals surface area contributed by atoms with Crippen molar-refractivity contribution in [1.29, 1.82) is 0 Å². The summed E-state index contributed by atoms with van der Waals surface area (Å²) in [6.07, 6.45) is 2.39. The molecule has 0 spiro atoms. The fourth-order valence-electron chi connectivity index (χ4n) is 3.51. The van der Waals surface area contributed by atoms with Gasteiger partial charge in [0, 0.05) is 13.1 Å². The molecule has 1 heterocycles. The molecule has 2 rings (SSSR count). The highest BCUT2D eigenvalue weighted by Gasteiger charge is 2.31. The van der Waals surface area contributed by atoms with Crippen LogP contribution in [0.1, 0.15) is 38.7 Å². The number of likely N-dealkylation sites (tertiary alicyclic amines) is 1. The van der Waals surface area contributed by atoms with Gasteiger partial charge in [-0.3, -0.25) is 4.79 Å². The Morgan fingerprint density at radius 3 is 2.30 bits per heavy atom. The molecule has 152 valence electrons. The second-order valence-corrected chi connectivity index (χ2v) is 9.66. The van der Waals surface area contributed by atoms with Gasteiger partial charge in [-0.1, -0.05) is 31.5 Å². The molecule has 7 heteroatoms. The molecule has 1 aromatic carbocycles. The molecule has 6 nitrogen and oxygen atoms in total. The lowest BCUT2D eigenvalue weighted by atomic mass is 9.95. The lowest BCUT2D eigenvalue weighted by Gasteiger charge is -2.34. The van der Waals surface area contributed by atoms with E-state index in [2.05, 4.69) is 10.0 Å². The van der Waals surface area contributed by atoms with Crippen molar-refractivity contribution < 1.29 is 13.2 Å². The number of carbonyl (C=O) groups is 1. The van der Waals surface area contributed by atoms with Gasteiger partial charge in [-0.05, 0) is 63.7 Å². The van der Waals surface area contributed by atoms with Gasteiger partial charge in [-0.25, -0.2) is 8.42 Å². The maximum atomic E-state index is 13.0. The summed E-state index contributed by atoms with van der Waals surface area (Å²) in [5.74, 6) is 0.677. The van der Waals surface area contributed by atoms with Crippen molar-refractivity contribution in [2.45, 2.75) is 51.0 Å². The number of benzene rings is 1. The van der Waals surface area contributed by atoms with Crippen molar-refractivity contribution in [1.82, 2.24) is 14.9 Å². The predicted octanol–water partition coefficient (Wildman–Crippen LogP) is 2.15. The zero-order valence-electron chi connectivity index (χ0n) is 16.9. The second kappa shape index (κ2) is 9.66. The minimum absolute atomic E-state index is 0.109. The van der Waals surface area contributed by atoms with E-state index in [1.807, 2.05) is 32.7 Å². The van der Waals surface area contributed by atoms with Crippen LogP contribution in [0.2, 0.25) is 0 Å². The number of nitrogens with zero attached hydrogens (tertiary/aromatic N) is 1. The van der Waals surface area contributed by atoms with Crippen molar-refractivity contribution in [3.05, 3.63) is 29.8 Å². The van der Waals surface area contributed by atoms with Gasteiger partial charge in [0.15, 0.2) is 0 Å². The molecule has 1 aromatic rings. The fraction of sp³-hybridized carbons (Fsp3) is 0.650. The summed E-state index contributed by atoms with van der Waals surface area (Å²) in [6.45, 7) is 8.24. The third-order valence-electron chi connectivity index (χ3n) is 5.05. The van der Waals surface area contributed by atoms with Crippen molar-refractivity contribution in [3.8, 4) is 0 Å². The topological polar surface area (TPSA) is 78.5 Å². The van der Waals surface area contributed by atoms with Crippen molar-refractivity contribution >= 4 is 15.9 Å². The van der Waals surface area contributed by atoms with Crippen LogP contribution in [0, 0.1) is 18.8 Å². The molecule has 1 aliphatic rings. The number of piperidine rings is 1. The van der Waals surface area contributed by atoms with Crippen LogP contribution >= 0.6 is 0 Å². The van der Waals surface area contributed by atoms with E-state index in [9.17, 15) is 13.2 Å². The van der Waals surface area contributed by atoms with Crippen molar-refractivity contribution in [2.75, 3.05) is 26.7 Å². The van der Waals surface area contributed by atoms with Gasteiger partial charge in [0.05, 0.1) is 4.90 Å². The normalized spacial score (nSPS) is 17.3. The number of sulfonamides is 1. The SMILES string of the molecule is CNCC1CCN(C(=O)C(CC(C)C)NS(=O)(=O)c2ccc(C)cc2)CC1. The van der Waals surface area contributed by atoms with E-state index in [4.69, 9.17) is 0 Å². The monoisotopic (exact) mass is 395 g/mol. The van der Waals surface area contributed by atoms with E-state index >= 15 is 0 Å². The second-order valence-electron chi connectivity index (χ2n) is 7.94. The number of hydrogen-bond acceptors (Lipinski definition) is 4. The standard InChI is InChI=1S/C20H33N3O3S/c1-15(2)13-19(20(24)23-11-9-17(10-12-23)14-21-4)22-27(25,26)18-7-5-16(3)6-8-18/h5-8,15,17,19,21-22H,9-14H2,1-4H3. The van der Waals surface area contributed by atoms with Crippen LogP contribution in [0.4, 0.5) is 0 Å². The summed E-state index contributed by atoms with van der Waals surface area (Å²) in [7, 11) is -1.79. The van der Waals surface area contributed by atoms with Crippen LogP contribution in [-0.2, 0) is 14.8 Å². The highest BCUT2D eigenvalue weighted by atomic mass is 32.2. The van der Waals surface area contributed by atoms with Gasteiger partial charge >= 0.3 is 0 Å². The quantitative estimate of drug-likeness (QED) is 0.707. The molecule has 2 N–H and O–H groups in total. The van der Waals surface area contributed by atoms with Crippen molar-refractivity contribution in [3.63, 3.8) is 0 Å². The van der Waals surface area contributed by atoms with Gasteiger partial charge in [0.2, 0.25) is 15.9 Å². The zero-order chi connectivity index (χ0) is 20.0. The maximum Gasteiger partial charge on any atom is 0.241 e. The van der Waals surface area contributed by atoms with Gasteiger partial charge in [0.25, 0.3) is 0 Å². The number of amides is 1. The molecule has 0 aliphatic carbocycles.